The van der Waals surface area contributed by atoms with Gasteiger partial charge in [0.25, 0.3) is 0 Å². The maximum Gasteiger partial charge on any atom is 0.0759 e. The topological polar surface area (TPSA) is 39.1 Å². The van der Waals surface area contributed by atoms with E-state index in [-0.39, 0.29) is 6.04 Å². The van der Waals surface area contributed by atoms with Crippen molar-refractivity contribution in [2.24, 2.45) is 0 Å². The average molecular weight is 338 g/mol. The van der Waals surface area contributed by atoms with Crippen molar-refractivity contribution in [1.82, 2.24) is 15.1 Å². The predicted molar refractivity (Wildman–Crippen MR) is 83.8 cm³/mol. The Labute approximate surface area is 128 Å². The molecule has 0 saturated heterocycles. The molecule has 2 rings (SSSR count). The van der Waals surface area contributed by atoms with Gasteiger partial charge in [0.2, 0.25) is 0 Å². The van der Waals surface area contributed by atoms with Crippen LogP contribution in [0, 0.1) is 0 Å². The lowest BCUT2D eigenvalue weighted by Crippen LogP contribution is -2.26. The first-order valence-corrected chi connectivity index (χ1v) is 7.55. The fourth-order valence-electron chi connectivity index (χ4n) is 2.24. The fourth-order valence-corrected chi connectivity index (χ4v) is 2.76. The zero-order chi connectivity index (χ0) is 14.4. The zero-order valence-corrected chi connectivity index (χ0v) is 13.4. The quantitative estimate of drug-likeness (QED) is 0.844. The van der Waals surface area contributed by atoms with Gasteiger partial charge in [-0.3, -0.25) is 4.68 Å². The number of nitrogens with one attached hydrogen (secondary N) is 1. The average Bonchev–Trinajstić information content (AvgIpc) is 2.84. The molecule has 0 saturated carbocycles. The molecule has 1 atom stereocenters. The van der Waals surface area contributed by atoms with Gasteiger partial charge >= 0.3 is 0 Å². The summed E-state index contributed by atoms with van der Waals surface area (Å²) in [4.78, 5) is 0. The van der Waals surface area contributed by atoms with Crippen molar-refractivity contribution < 1.29 is 4.74 Å². The van der Waals surface area contributed by atoms with E-state index in [1.807, 2.05) is 16.9 Å². The summed E-state index contributed by atoms with van der Waals surface area (Å²) in [5.74, 6) is 0. The van der Waals surface area contributed by atoms with Crippen LogP contribution in [0.1, 0.15) is 24.2 Å². The highest BCUT2D eigenvalue weighted by molar-refractivity contribution is 9.10. The van der Waals surface area contributed by atoms with Gasteiger partial charge in [0, 0.05) is 7.11 Å². The smallest absolute Gasteiger partial charge is 0.0759 e. The van der Waals surface area contributed by atoms with E-state index in [1.165, 1.54) is 5.56 Å². The molecule has 1 N–H and O–H groups in total. The molecule has 0 aliphatic heterocycles. The van der Waals surface area contributed by atoms with E-state index in [2.05, 4.69) is 57.5 Å². The van der Waals surface area contributed by atoms with Crippen LogP contribution in [-0.4, -0.2) is 30.0 Å². The van der Waals surface area contributed by atoms with Crippen molar-refractivity contribution in [2.75, 3.05) is 20.3 Å². The van der Waals surface area contributed by atoms with Gasteiger partial charge in [0.15, 0.2) is 0 Å². The Kier molecular flexibility index (Phi) is 5.76. The Balaban J connectivity index is 2.36. The van der Waals surface area contributed by atoms with Gasteiger partial charge in [0.05, 0.1) is 35.6 Å². The van der Waals surface area contributed by atoms with E-state index in [0.29, 0.717) is 6.61 Å². The molecule has 1 aromatic carbocycles. The lowest BCUT2D eigenvalue weighted by molar-refractivity contribution is 0.182. The second-order valence-electron chi connectivity index (χ2n) is 4.50. The first-order chi connectivity index (χ1) is 9.77. The molecular weight excluding hydrogens is 318 g/mol. The van der Waals surface area contributed by atoms with E-state index in [0.717, 1.165) is 23.3 Å². The number of hydrogen-bond donors (Lipinski definition) is 1. The molecule has 0 spiro atoms. The van der Waals surface area contributed by atoms with E-state index in [4.69, 9.17) is 4.74 Å². The number of benzene rings is 1. The number of aromatic nitrogens is 2. The van der Waals surface area contributed by atoms with Gasteiger partial charge in [-0.2, -0.15) is 5.10 Å². The highest BCUT2D eigenvalue weighted by Crippen LogP contribution is 2.28. The Bertz CT molecular complexity index is 527. The van der Waals surface area contributed by atoms with Crippen molar-refractivity contribution in [2.45, 2.75) is 19.5 Å². The van der Waals surface area contributed by atoms with Crippen molar-refractivity contribution in [3.63, 3.8) is 0 Å². The Morgan fingerprint density at radius 2 is 2.10 bits per heavy atom. The van der Waals surface area contributed by atoms with Crippen LogP contribution < -0.4 is 5.32 Å². The first-order valence-electron chi connectivity index (χ1n) is 6.76. The largest absolute Gasteiger partial charge is 0.383 e. The summed E-state index contributed by atoms with van der Waals surface area (Å²) in [6, 6.07) is 10.5. The first kappa shape index (κ1) is 15.2. The number of halogens is 1. The summed E-state index contributed by atoms with van der Waals surface area (Å²) in [6.45, 7) is 4.39. The lowest BCUT2D eigenvalue weighted by atomic mass is 10.0. The molecule has 108 valence electrons. The molecule has 1 aromatic heterocycles. The fraction of sp³-hybridized carbons (Fsp3) is 0.400. The molecule has 4 nitrogen and oxygen atoms in total. The molecule has 1 unspecified atom stereocenters. The second kappa shape index (κ2) is 7.57. The molecule has 0 aliphatic carbocycles. The number of ether oxygens (including phenoxy) is 1. The molecule has 2 aromatic rings. The molecule has 0 fully saturated rings. The van der Waals surface area contributed by atoms with Gasteiger partial charge in [-0.1, -0.05) is 37.3 Å². The second-order valence-corrected chi connectivity index (χ2v) is 5.35. The van der Waals surface area contributed by atoms with Gasteiger partial charge in [-0.05, 0) is 28.0 Å². The van der Waals surface area contributed by atoms with Gasteiger partial charge in [-0.25, -0.2) is 0 Å². The molecule has 0 bridgehead atoms. The van der Waals surface area contributed by atoms with Crippen LogP contribution in [0.3, 0.4) is 0 Å². The van der Waals surface area contributed by atoms with Crippen LogP contribution in [-0.2, 0) is 11.3 Å². The molecule has 5 heteroatoms. The maximum absolute atomic E-state index is 5.16. The molecule has 0 radical (unpaired) electrons. The van der Waals surface area contributed by atoms with Crippen LogP contribution in [0.4, 0.5) is 0 Å². The standard InChI is InChI=1S/C15H20BrN3O/c1-3-17-14(12-7-5-4-6-8-12)15-13(16)11-18-19(15)9-10-20-2/h4-8,11,14,17H,3,9-10H2,1-2H3. The van der Waals surface area contributed by atoms with E-state index in [9.17, 15) is 0 Å². The summed E-state index contributed by atoms with van der Waals surface area (Å²) in [5, 5.41) is 7.96. The minimum atomic E-state index is 0.120. The molecule has 20 heavy (non-hydrogen) atoms. The minimum absolute atomic E-state index is 0.120. The monoisotopic (exact) mass is 337 g/mol. The van der Waals surface area contributed by atoms with Crippen LogP contribution in [0.15, 0.2) is 41.0 Å². The molecular formula is C15H20BrN3O. The van der Waals surface area contributed by atoms with Gasteiger partial charge < -0.3 is 10.1 Å². The van der Waals surface area contributed by atoms with Crippen LogP contribution >= 0.6 is 15.9 Å². The highest BCUT2D eigenvalue weighted by Gasteiger charge is 2.20. The highest BCUT2D eigenvalue weighted by atomic mass is 79.9. The Hall–Kier alpha value is -1.17. The summed E-state index contributed by atoms with van der Waals surface area (Å²) in [5.41, 5.74) is 2.37. The van der Waals surface area contributed by atoms with E-state index >= 15 is 0 Å². The SMILES string of the molecule is CCNC(c1ccccc1)c1c(Br)cnn1CCOC. The molecule has 0 aliphatic rings. The van der Waals surface area contributed by atoms with Crippen LogP contribution in [0.25, 0.3) is 0 Å². The number of nitrogens with zero attached hydrogens (tertiary/aromatic N) is 2. The van der Waals surface area contributed by atoms with Crippen molar-refractivity contribution in [1.29, 1.82) is 0 Å². The van der Waals surface area contributed by atoms with E-state index in [1.54, 1.807) is 7.11 Å². The summed E-state index contributed by atoms with van der Waals surface area (Å²) < 4.78 is 8.17. The van der Waals surface area contributed by atoms with E-state index < -0.39 is 0 Å². The summed E-state index contributed by atoms with van der Waals surface area (Å²) in [6.07, 6.45) is 1.85. The lowest BCUT2D eigenvalue weighted by Gasteiger charge is -2.20. The maximum atomic E-state index is 5.16. The third-order valence-corrected chi connectivity index (χ3v) is 3.77. The van der Waals surface area contributed by atoms with Gasteiger partial charge in [-0.15, -0.1) is 0 Å². The number of methoxy groups -OCH3 is 1. The van der Waals surface area contributed by atoms with Crippen LogP contribution in [0.2, 0.25) is 0 Å². The molecule has 0 amide bonds. The Morgan fingerprint density at radius 3 is 2.75 bits per heavy atom. The van der Waals surface area contributed by atoms with Gasteiger partial charge in [0.1, 0.15) is 0 Å². The van der Waals surface area contributed by atoms with Crippen molar-refractivity contribution in [3.05, 3.63) is 52.3 Å². The normalized spacial score (nSPS) is 12.6. The predicted octanol–water partition coefficient (Wildman–Crippen LogP) is 2.99. The Morgan fingerprint density at radius 1 is 1.35 bits per heavy atom. The third kappa shape index (κ3) is 3.48. The summed E-state index contributed by atoms with van der Waals surface area (Å²) in [7, 11) is 1.71. The van der Waals surface area contributed by atoms with Crippen molar-refractivity contribution in [3.8, 4) is 0 Å². The van der Waals surface area contributed by atoms with Crippen LogP contribution in [0.5, 0.6) is 0 Å². The minimum Gasteiger partial charge on any atom is -0.383 e. The van der Waals surface area contributed by atoms with Crippen molar-refractivity contribution >= 4 is 15.9 Å². The number of rotatable bonds is 7. The third-order valence-electron chi connectivity index (χ3n) is 3.16. The zero-order valence-electron chi connectivity index (χ0n) is 11.8. The summed E-state index contributed by atoms with van der Waals surface area (Å²) >= 11 is 3.61. The number of hydrogen-bond acceptors (Lipinski definition) is 3. The molecule has 1 heterocycles.